The fourth-order valence-electron chi connectivity index (χ4n) is 3.41. The monoisotopic (exact) mass is 343 g/mol. The number of halogens is 1. The van der Waals surface area contributed by atoms with E-state index >= 15 is 0 Å². The van der Waals surface area contributed by atoms with Gasteiger partial charge in [-0.25, -0.2) is 14.1 Å². The van der Waals surface area contributed by atoms with Gasteiger partial charge in [0.15, 0.2) is 5.82 Å². The van der Waals surface area contributed by atoms with E-state index in [0.29, 0.717) is 24.9 Å². The van der Waals surface area contributed by atoms with E-state index in [-0.39, 0.29) is 17.5 Å². The molecule has 0 bridgehead atoms. The highest BCUT2D eigenvalue weighted by Gasteiger charge is 2.37. The van der Waals surface area contributed by atoms with Gasteiger partial charge in [-0.1, -0.05) is 13.8 Å². The highest BCUT2D eigenvalue weighted by atomic mass is 19.1. The molecule has 1 saturated carbocycles. The summed E-state index contributed by atoms with van der Waals surface area (Å²) in [5.74, 6) is 1.96. The zero-order valence-corrected chi connectivity index (χ0v) is 14.5. The van der Waals surface area contributed by atoms with Crippen LogP contribution in [-0.2, 0) is 6.54 Å². The van der Waals surface area contributed by atoms with Gasteiger partial charge in [-0.15, -0.1) is 0 Å². The van der Waals surface area contributed by atoms with E-state index in [0.717, 1.165) is 37.1 Å². The van der Waals surface area contributed by atoms with E-state index in [9.17, 15) is 9.18 Å². The van der Waals surface area contributed by atoms with Gasteiger partial charge in [-0.05, 0) is 31.2 Å². The van der Waals surface area contributed by atoms with Crippen molar-refractivity contribution in [2.45, 2.75) is 51.6 Å². The summed E-state index contributed by atoms with van der Waals surface area (Å²) in [6.45, 7) is 5.43. The molecule has 1 aliphatic carbocycles. The molecule has 1 amide bonds. The highest BCUT2D eigenvalue weighted by molar-refractivity contribution is 5.94. The molecule has 0 spiro atoms. The lowest BCUT2D eigenvalue weighted by atomic mass is 9.99. The molecule has 2 aromatic rings. The summed E-state index contributed by atoms with van der Waals surface area (Å²) < 4.78 is 15.4. The van der Waals surface area contributed by atoms with Crippen LogP contribution in [0.3, 0.4) is 0 Å². The second-order valence-electron chi connectivity index (χ2n) is 7.36. The normalized spacial score (nSPS) is 20.0. The molecule has 25 heavy (non-hydrogen) atoms. The van der Waals surface area contributed by atoms with Gasteiger partial charge < -0.3 is 4.90 Å². The minimum atomic E-state index is -0.498. The average molecular weight is 343 g/mol. The van der Waals surface area contributed by atoms with Gasteiger partial charge in [0, 0.05) is 18.7 Å². The van der Waals surface area contributed by atoms with Crippen LogP contribution in [0.2, 0.25) is 0 Å². The lowest BCUT2D eigenvalue weighted by Crippen LogP contribution is -2.43. The largest absolute Gasteiger partial charge is 0.326 e. The van der Waals surface area contributed by atoms with Crippen LogP contribution in [0.4, 0.5) is 4.39 Å². The second-order valence-corrected chi connectivity index (χ2v) is 7.36. The molecule has 6 nitrogen and oxygen atoms in total. The molecular formula is C18H22FN5O. The van der Waals surface area contributed by atoms with Gasteiger partial charge in [-0.2, -0.15) is 5.10 Å². The number of hydrogen-bond acceptors (Lipinski definition) is 4. The van der Waals surface area contributed by atoms with Gasteiger partial charge in [0.25, 0.3) is 5.91 Å². The Morgan fingerprint density at radius 3 is 2.80 bits per heavy atom. The number of pyridine rings is 1. The van der Waals surface area contributed by atoms with E-state index < -0.39 is 5.82 Å². The number of hydrogen-bond donors (Lipinski definition) is 0. The summed E-state index contributed by atoms with van der Waals surface area (Å²) in [7, 11) is 0. The van der Waals surface area contributed by atoms with E-state index in [2.05, 4.69) is 23.9 Å². The average Bonchev–Trinajstić information content (AvgIpc) is 3.33. The summed E-state index contributed by atoms with van der Waals surface area (Å²) >= 11 is 0. The molecule has 2 aromatic heterocycles. The molecule has 1 aliphatic heterocycles. The third-order valence-corrected chi connectivity index (χ3v) is 4.79. The van der Waals surface area contributed by atoms with Crippen LogP contribution in [0.5, 0.6) is 0 Å². The number of fused-ring (bicyclic) bond motifs is 1. The lowest BCUT2D eigenvalue weighted by Gasteiger charge is -2.36. The van der Waals surface area contributed by atoms with Gasteiger partial charge in [0.05, 0.1) is 24.3 Å². The standard InChI is InChI=1S/C18H22FN5O/c1-11(2)7-15-17-21-16(12-3-4-12)22-24(17)6-5-23(15)18(25)13-8-14(19)10-20-9-13/h8-12,15H,3-7H2,1-2H3/t15-/m0/s1. The van der Waals surface area contributed by atoms with Gasteiger partial charge >= 0.3 is 0 Å². The number of rotatable bonds is 4. The summed E-state index contributed by atoms with van der Waals surface area (Å²) in [5, 5.41) is 4.65. The molecule has 0 N–H and O–H groups in total. The Bertz CT molecular complexity index is 799. The van der Waals surface area contributed by atoms with Crippen LogP contribution in [0, 0.1) is 11.7 Å². The molecule has 1 fully saturated rings. The summed E-state index contributed by atoms with van der Waals surface area (Å²) in [6.07, 6.45) is 5.63. The first-order valence-corrected chi connectivity index (χ1v) is 8.89. The predicted molar refractivity (Wildman–Crippen MR) is 89.4 cm³/mol. The number of amides is 1. The van der Waals surface area contributed by atoms with E-state index in [1.807, 2.05) is 4.68 Å². The first-order chi connectivity index (χ1) is 12.0. The molecule has 1 atom stereocenters. The molecule has 0 saturated heterocycles. The van der Waals surface area contributed by atoms with Crippen LogP contribution in [0.1, 0.15) is 67.1 Å². The maximum absolute atomic E-state index is 13.5. The first kappa shape index (κ1) is 16.2. The third-order valence-electron chi connectivity index (χ3n) is 4.79. The smallest absolute Gasteiger partial charge is 0.256 e. The van der Waals surface area contributed by atoms with E-state index in [4.69, 9.17) is 4.98 Å². The summed E-state index contributed by atoms with van der Waals surface area (Å²) in [6, 6.07) is 1.11. The highest BCUT2D eigenvalue weighted by Crippen LogP contribution is 2.40. The van der Waals surface area contributed by atoms with Crippen molar-refractivity contribution in [3.05, 3.63) is 41.5 Å². The maximum atomic E-state index is 13.5. The fraction of sp³-hybridized carbons (Fsp3) is 0.556. The second kappa shape index (κ2) is 6.20. The number of carbonyl (C=O) groups is 1. The van der Waals surface area contributed by atoms with Gasteiger partial charge in [0.2, 0.25) is 0 Å². The van der Waals surface area contributed by atoms with Crippen LogP contribution < -0.4 is 0 Å². The molecule has 0 radical (unpaired) electrons. The van der Waals surface area contributed by atoms with Crippen LogP contribution in [-0.4, -0.2) is 37.1 Å². The third kappa shape index (κ3) is 3.15. The van der Waals surface area contributed by atoms with Crippen molar-refractivity contribution in [3.8, 4) is 0 Å². The van der Waals surface area contributed by atoms with Gasteiger partial charge in [0.1, 0.15) is 11.6 Å². The Morgan fingerprint density at radius 1 is 1.32 bits per heavy atom. The lowest BCUT2D eigenvalue weighted by molar-refractivity contribution is 0.0577. The zero-order valence-electron chi connectivity index (χ0n) is 14.5. The first-order valence-electron chi connectivity index (χ1n) is 8.89. The molecule has 2 aliphatic rings. The molecule has 0 aromatic carbocycles. The Labute approximate surface area is 146 Å². The number of aromatic nitrogens is 4. The van der Waals surface area contributed by atoms with Crippen molar-refractivity contribution in [1.29, 1.82) is 0 Å². The predicted octanol–water partition coefficient (Wildman–Crippen LogP) is 2.93. The quantitative estimate of drug-likeness (QED) is 0.856. The summed E-state index contributed by atoms with van der Waals surface area (Å²) in [4.78, 5) is 23.3. The van der Waals surface area contributed by atoms with Crippen molar-refractivity contribution in [1.82, 2.24) is 24.6 Å². The SMILES string of the molecule is CC(C)C[C@H]1c2nc(C3CC3)nn2CCN1C(=O)c1cncc(F)c1. The summed E-state index contributed by atoms with van der Waals surface area (Å²) in [5.41, 5.74) is 0.282. The van der Waals surface area contributed by atoms with Crippen molar-refractivity contribution >= 4 is 5.91 Å². The topological polar surface area (TPSA) is 63.9 Å². The molecule has 7 heteroatoms. The fourth-order valence-corrected chi connectivity index (χ4v) is 3.41. The Balaban J connectivity index is 1.67. The van der Waals surface area contributed by atoms with E-state index in [1.54, 1.807) is 4.90 Å². The van der Waals surface area contributed by atoms with Crippen LogP contribution >= 0.6 is 0 Å². The minimum absolute atomic E-state index is 0.135. The van der Waals surface area contributed by atoms with Crippen molar-refractivity contribution in [2.75, 3.05) is 6.54 Å². The van der Waals surface area contributed by atoms with Crippen molar-refractivity contribution < 1.29 is 9.18 Å². The maximum Gasteiger partial charge on any atom is 0.256 e. The number of carbonyl (C=O) groups excluding carboxylic acids is 1. The Hall–Kier alpha value is -2.31. The van der Waals surface area contributed by atoms with Crippen molar-refractivity contribution in [2.24, 2.45) is 5.92 Å². The van der Waals surface area contributed by atoms with Crippen LogP contribution in [0.15, 0.2) is 18.5 Å². The molecule has 4 rings (SSSR count). The zero-order chi connectivity index (χ0) is 17.6. The van der Waals surface area contributed by atoms with Crippen LogP contribution in [0.25, 0.3) is 0 Å². The molecular weight excluding hydrogens is 321 g/mol. The number of nitrogens with zero attached hydrogens (tertiary/aromatic N) is 5. The minimum Gasteiger partial charge on any atom is -0.326 e. The van der Waals surface area contributed by atoms with E-state index in [1.165, 1.54) is 12.3 Å². The molecule has 3 heterocycles. The molecule has 0 unspecified atom stereocenters. The van der Waals surface area contributed by atoms with Gasteiger partial charge in [-0.3, -0.25) is 9.78 Å². The molecule has 132 valence electrons. The van der Waals surface area contributed by atoms with Crippen molar-refractivity contribution in [3.63, 3.8) is 0 Å². The Morgan fingerprint density at radius 2 is 2.12 bits per heavy atom. The Kier molecular flexibility index (Phi) is 4.01.